The second kappa shape index (κ2) is 22.6. The molecule has 0 aliphatic carbocycles. The molecule has 4 heterocycles. The summed E-state index contributed by atoms with van der Waals surface area (Å²) in [6.45, 7) is 14.3. The van der Waals surface area contributed by atoms with Gasteiger partial charge in [-0.25, -0.2) is 23.8 Å². The third-order valence-electron chi connectivity index (χ3n) is 11.3. The number of hydrogen-bond donors (Lipinski definition) is 6. The molecule has 8 rings (SSSR count). The third-order valence-corrected chi connectivity index (χ3v) is 11.7. The molecule has 0 radical (unpaired) electrons. The molecule has 0 amide bonds. The van der Waals surface area contributed by atoms with Crippen LogP contribution in [0.2, 0.25) is 0 Å². The van der Waals surface area contributed by atoms with Gasteiger partial charge >= 0.3 is 11.4 Å². The molecule has 6 aromatic rings. The minimum atomic E-state index is -0.553. The normalized spacial score (nSPS) is 14.3. The zero-order valence-electron chi connectivity index (χ0n) is 35.9. The summed E-state index contributed by atoms with van der Waals surface area (Å²) in [5.41, 5.74) is 5.56. The van der Waals surface area contributed by atoms with E-state index >= 15 is 0 Å². The first-order valence-electron chi connectivity index (χ1n) is 21.0. The maximum atomic E-state index is 12.6. The van der Waals surface area contributed by atoms with Gasteiger partial charge in [-0.2, -0.15) is 5.10 Å². The van der Waals surface area contributed by atoms with E-state index in [1.54, 1.807) is 6.07 Å². The number of phenolic OH excluding ortho intramolecular Hbond substituents is 3. The molecule has 0 bridgehead atoms. The van der Waals surface area contributed by atoms with E-state index in [1.165, 1.54) is 70.9 Å². The monoisotopic (exact) mass is 884 g/mol. The van der Waals surface area contributed by atoms with Gasteiger partial charge in [0.15, 0.2) is 5.82 Å². The summed E-state index contributed by atoms with van der Waals surface area (Å²) in [7, 11) is 0. The Morgan fingerprint density at radius 2 is 1.14 bits per heavy atom. The van der Waals surface area contributed by atoms with Crippen LogP contribution in [0.4, 0.5) is 0 Å². The van der Waals surface area contributed by atoms with Crippen molar-refractivity contribution in [1.29, 1.82) is 0 Å². The van der Waals surface area contributed by atoms with Gasteiger partial charge in [0.05, 0.1) is 22.3 Å². The second-order valence-electron chi connectivity index (χ2n) is 16.3. The largest absolute Gasteiger partial charge is 0.508 e. The van der Waals surface area contributed by atoms with Crippen LogP contribution in [0.3, 0.4) is 0 Å². The van der Waals surface area contributed by atoms with Crippen LogP contribution in [-0.4, -0.2) is 76.1 Å². The average Bonchev–Trinajstić information content (AvgIpc) is 3.63. The Bertz CT molecular complexity index is 2590. The van der Waals surface area contributed by atoms with Gasteiger partial charge in [0.25, 0.3) is 0 Å². The summed E-state index contributed by atoms with van der Waals surface area (Å²) >= 11 is 5.63. The lowest BCUT2D eigenvalue weighted by molar-refractivity contribution is 0.221. The van der Waals surface area contributed by atoms with Gasteiger partial charge in [0.2, 0.25) is 0 Å². The number of likely N-dealkylation sites (tertiary alicyclic amines) is 2. The van der Waals surface area contributed by atoms with E-state index in [4.69, 9.17) is 16.6 Å². The second-order valence-corrected chi connectivity index (χ2v) is 16.7. The summed E-state index contributed by atoms with van der Waals surface area (Å²) in [5, 5.41) is 38.0. The number of fused-ring (bicyclic) bond motifs is 1. The van der Waals surface area contributed by atoms with E-state index in [0.717, 1.165) is 44.8 Å². The fourth-order valence-corrected chi connectivity index (χ4v) is 8.41. The zero-order valence-corrected chi connectivity index (χ0v) is 36.8. The summed E-state index contributed by atoms with van der Waals surface area (Å²) in [6.07, 6.45) is 7.66. The van der Waals surface area contributed by atoms with Crippen LogP contribution >= 0.6 is 12.2 Å². The van der Waals surface area contributed by atoms with Crippen molar-refractivity contribution in [1.82, 2.24) is 29.1 Å². The van der Waals surface area contributed by atoms with Gasteiger partial charge in [-0.3, -0.25) is 21.5 Å². The van der Waals surface area contributed by atoms with E-state index < -0.39 is 5.76 Å². The van der Waals surface area contributed by atoms with Crippen LogP contribution in [0, 0.1) is 4.64 Å². The minimum Gasteiger partial charge on any atom is -0.508 e. The molecular weight excluding hydrogens is 821 g/mol. The van der Waals surface area contributed by atoms with Crippen LogP contribution in [-0.2, 0) is 13.1 Å². The Balaban J connectivity index is 0.000000258. The van der Waals surface area contributed by atoms with Crippen molar-refractivity contribution in [3.63, 3.8) is 0 Å². The first-order valence-corrected chi connectivity index (χ1v) is 21.4. The highest BCUT2D eigenvalue weighted by Gasteiger charge is 2.20. The van der Waals surface area contributed by atoms with Crippen molar-refractivity contribution in [2.45, 2.75) is 98.6 Å². The molecule has 2 aliphatic heterocycles. The molecule has 2 saturated heterocycles. The number of aromatic nitrogens is 4. The molecule has 16 heteroatoms. The number of nitrogens with two attached hydrogens (primary N) is 2. The number of rotatable bonds is 9. The maximum Gasteiger partial charge on any atom is 0.425 e. The average molecular weight is 885 g/mol. The first kappa shape index (κ1) is 50.0. The Labute approximate surface area is 373 Å². The quantitative estimate of drug-likeness (QED) is 0.0470. The summed E-state index contributed by atoms with van der Waals surface area (Å²) in [5.74, 6) is 7.95. The van der Waals surface area contributed by atoms with Crippen LogP contribution in [0.25, 0.3) is 33.7 Å². The Morgan fingerprint density at radius 1 is 0.683 bits per heavy atom. The van der Waals surface area contributed by atoms with Crippen molar-refractivity contribution in [2.24, 2.45) is 11.7 Å². The lowest BCUT2D eigenvalue weighted by Crippen LogP contribution is -2.29. The smallest absolute Gasteiger partial charge is 0.425 e. The van der Waals surface area contributed by atoms with E-state index in [0.29, 0.717) is 43.9 Å². The highest BCUT2D eigenvalue weighted by molar-refractivity contribution is 7.71. The summed E-state index contributed by atoms with van der Waals surface area (Å²) < 4.78 is 8.72. The van der Waals surface area contributed by atoms with Crippen LogP contribution in [0.1, 0.15) is 108 Å². The van der Waals surface area contributed by atoms with Gasteiger partial charge in [-0.05, 0) is 122 Å². The van der Waals surface area contributed by atoms with E-state index in [1.807, 2.05) is 82.3 Å². The summed E-state index contributed by atoms with van der Waals surface area (Å²) in [4.78, 5) is 30.1. The molecule has 0 unspecified atom stereocenters. The zero-order chi connectivity index (χ0) is 43.8. The van der Waals surface area contributed by atoms with E-state index in [2.05, 4.69) is 31.7 Å². The molecule has 63 heavy (non-hydrogen) atoms. The number of H-pyrrole nitrogens is 1. The number of piperidine rings is 2. The van der Waals surface area contributed by atoms with Crippen molar-refractivity contribution in [2.75, 3.05) is 26.2 Å². The number of hydrogen-bond acceptors (Lipinski definition) is 12. The molecule has 10 N–H and O–H groups in total. The Hall–Kier alpha value is -5.62. The molecule has 2 aromatic heterocycles. The number of nitrogens with zero attached hydrogens (tertiary/aromatic N) is 5. The molecule has 4 aromatic carbocycles. The number of hydrazine groups is 1. The van der Waals surface area contributed by atoms with Gasteiger partial charge in [0, 0.05) is 25.2 Å². The van der Waals surface area contributed by atoms with Crippen LogP contribution in [0.5, 0.6) is 17.2 Å². The predicted molar refractivity (Wildman–Crippen MR) is 252 cm³/mol. The van der Waals surface area contributed by atoms with Crippen molar-refractivity contribution >= 4 is 23.2 Å². The van der Waals surface area contributed by atoms with Crippen LogP contribution in [0.15, 0.2) is 86.8 Å². The van der Waals surface area contributed by atoms with E-state index in [-0.39, 0.29) is 47.7 Å². The fourth-order valence-electron chi connectivity index (χ4n) is 8.07. The molecule has 340 valence electrons. The lowest BCUT2D eigenvalue weighted by Gasteiger charge is -2.26. The third kappa shape index (κ3) is 11.7. The lowest BCUT2D eigenvalue weighted by atomic mass is 9.98. The van der Waals surface area contributed by atoms with Crippen molar-refractivity contribution < 1.29 is 25.2 Å². The molecular formula is C47H64N8O7S. The summed E-state index contributed by atoms with van der Waals surface area (Å²) in [6, 6.07) is 22.1. The topological polar surface area (TPSA) is 237 Å². The highest BCUT2D eigenvalue weighted by Crippen LogP contribution is 2.37. The first-order chi connectivity index (χ1) is 29.4. The number of aromatic amines is 1. The highest BCUT2D eigenvalue weighted by atomic mass is 32.1. The molecule has 2 aliphatic rings. The molecule has 0 spiro atoms. The molecule has 0 saturated carbocycles. The number of benzene rings is 4. The van der Waals surface area contributed by atoms with Crippen molar-refractivity contribution in [3.8, 4) is 40.0 Å². The number of phenols is 3. The minimum absolute atomic E-state index is 0. The van der Waals surface area contributed by atoms with Crippen LogP contribution < -0.4 is 23.1 Å². The van der Waals surface area contributed by atoms with Gasteiger partial charge in [-0.1, -0.05) is 84.4 Å². The fraction of sp³-hybridized carbons (Fsp3) is 0.404. The SMILES string of the molecule is C.CC(C)c1cc(-c2n[nH]c(=O)n2-c2ccc(CN3CCCCC3)cc2)c(O)cc1O.CC(C)c1cc2c(=S)n(-c3ccc(CN4CCCCC4)cc3)c(=O)oc2cc1O.NN.O. The van der Waals surface area contributed by atoms with Gasteiger partial charge in [-0.15, -0.1) is 0 Å². The molecule has 15 nitrogen and oxygen atoms in total. The molecule has 0 atom stereocenters. The van der Waals surface area contributed by atoms with Crippen molar-refractivity contribution in [3.05, 3.63) is 121 Å². The maximum absolute atomic E-state index is 12.6. The standard InChI is InChI=1S/C23H28N4O3.C23H26N2O3S.CH4.H4N2.H2O/c1-15(2)18-12-19(21(29)13-20(18)28)22-24-25-23(30)27(22)17-8-6-16(7-9-17)14-26-10-4-3-5-11-26;1-15(2)18-12-19-21(13-20(18)26)28-23(27)25(22(19)29)17-8-6-16(7-9-17)14-24-10-4-3-5-11-24;;1-2;/h6-9,12-13,15,28-29H,3-5,10-11,14H2,1-2H3,(H,25,30);6-9,12-13,15,26H,3-5,10-11,14H2,1-2H3;1H4;1-2H2;1H2. The number of nitrogens with one attached hydrogen (secondary N) is 1. The van der Waals surface area contributed by atoms with Gasteiger partial charge < -0.3 is 25.2 Å². The van der Waals surface area contributed by atoms with E-state index in [9.17, 15) is 24.9 Å². The van der Waals surface area contributed by atoms with Gasteiger partial charge in [0.1, 0.15) is 27.5 Å². The predicted octanol–water partition coefficient (Wildman–Crippen LogP) is 7.51. The Morgan fingerprint density at radius 3 is 1.63 bits per heavy atom. The molecule has 2 fully saturated rings. The Kier molecular flexibility index (Phi) is 18.0. The number of aromatic hydroxyl groups is 3.